The normalized spacial score (nSPS) is 12.7. The molecule has 5 nitrogen and oxygen atoms in total. The van der Waals surface area contributed by atoms with Crippen molar-refractivity contribution < 1.29 is 24.2 Å². The minimum absolute atomic E-state index is 0.0806. The van der Waals surface area contributed by atoms with Crippen LogP contribution in [0.3, 0.4) is 0 Å². The van der Waals surface area contributed by atoms with Gasteiger partial charge in [-0.2, -0.15) is 0 Å². The van der Waals surface area contributed by atoms with E-state index in [1.165, 1.54) is 77.0 Å². The largest absolute Gasteiger partial charge is 0.462 e. The number of hydrogen-bond acceptors (Lipinski definition) is 5. The van der Waals surface area contributed by atoms with Crippen LogP contribution in [0.1, 0.15) is 174 Å². The summed E-state index contributed by atoms with van der Waals surface area (Å²) in [5, 5.41) is 9.53. The highest BCUT2D eigenvalue weighted by Crippen LogP contribution is 2.13. The molecule has 5 heteroatoms. The number of carbonyl (C=O) groups excluding carboxylic acids is 2. The van der Waals surface area contributed by atoms with E-state index < -0.39 is 6.10 Å². The molecule has 0 amide bonds. The average molecular weight is 631 g/mol. The van der Waals surface area contributed by atoms with Gasteiger partial charge in [0, 0.05) is 12.8 Å². The Morgan fingerprint density at radius 1 is 0.533 bits per heavy atom. The summed E-state index contributed by atoms with van der Waals surface area (Å²) in [7, 11) is 0. The van der Waals surface area contributed by atoms with Crippen molar-refractivity contribution in [1.29, 1.82) is 0 Å². The van der Waals surface area contributed by atoms with Crippen LogP contribution in [0.15, 0.2) is 48.6 Å². The summed E-state index contributed by atoms with van der Waals surface area (Å²) in [4.78, 5) is 24.2. The molecule has 0 heterocycles. The maximum absolute atomic E-state index is 12.1. The van der Waals surface area contributed by atoms with Crippen LogP contribution in [0.25, 0.3) is 0 Å². The second kappa shape index (κ2) is 36.3. The van der Waals surface area contributed by atoms with Crippen LogP contribution in [-0.4, -0.2) is 36.4 Å². The Labute approximate surface area is 278 Å². The van der Waals surface area contributed by atoms with Gasteiger partial charge in [0.2, 0.25) is 0 Å². The summed E-state index contributed by atoms with van der Waals surface area (Å²) < 4.78 is 10.6. The van der Waals surface area contributed by atoms with E-state index >= 15 is 0 Å². The Balaban J connectivity index is 3.60. The minimum atomic E-state index is -0.783. The SMILES string of the molecule is CC/C=C/C=C/C=C/CCCCCCCC(=O)OCC(CO)OC(=O)CCCCCCC/C=C/CCCCCCCCCCC. The first-order chi connectivity index (χ1) is 22.1. The molecule has 0 aromatic heterocycles. The lowest BCUT2D eigenvalue weighted by Gasteiger charge is -2.15. The van der Waals surface area contributed by atoms with Crippen LogP contribution in [0.2, 0.25) is 0 Å². The molecule has 0 aliphatic heterocycles. The molecule has 0 fully saturated rings. The molecule has 0 rings (SSSR count). The van der Waals surface area contributed by atoms with E-state index in [4.69, 9.17) is 9.47 Å². The van der Waals surface area contributed by atoms with E-state index in [1.54, 1.807) is 0 Å². The molecule has 1 atom stereocenters. The number of unbranched alkanes of at least 4 members (excludes halogenated alkanes) is 19. The fourth-order valence-corrected chi connectivity index (χ4v) is 5.08. The summed E-state index contributed by atoms with van der Waals surface area (Å²) in [5.74, 6) is -0.626. The van der Waals surface area contributed by atoms with Crippen LogP contribution in [0.4, 0.5) is 0 Å². The number of rotatable bonds is 33. The lowest BCUT2D eigenvalue weighted by molar-refractivity contribution is -0.161. The second-order valence-corrected chi connectivity index (χ2v) is 12.3. The summed E-state index contributed by atoms with van der Waals surface area (Å²) in [6.45, 7) is 3.97. The predicted molar refractivity (Wildman–Crippen MR) is 191 cm³/mol. The first kappa shape index (κ1) is 42.9. The van der Waals surface area contributed by atoms with E-state index in [0.29, 0.717) is 12.8 Å². The van der Waals surface area contributed by atoms with E-state index in [0.717, 1.165) is 70.6 Å². The molecule has 0 aliphatic carbocycles. The summed E-state index contributed by atoms with van der Waals surface area (Å²) in [6, 6.07) is 0. The number of allylic oxidation sites excluding steroid dienone is 8. The fraction of sp³-hybridized carbons (Fsp3) is 0.750. The van der Waals surface area contributed by atoms with Gasteiger partial charge in [0.25, 0.3) is 0 Å². The molecule has 0 spiro atoms. The van der Waals surface area contributed by atoms with Crippen molar-refractivity contribution >= 4 is 11.9 Å². The van der Waals surface area contributed by atoms with E-state index in [2.05, 4.69) is 56.4 Å². The van der Waals surface area contributed by atoms with Crippen molar-refractivity contribution in [2.75, 3.05) is 13.2 Å². The Hall–Kier alpha value is -2.14. The van der Waals surface area contributed by atoms with Gasteiger partial charge in [-0.15, -0.1) is 0 Å². The smallest absolute Gasteiger partial charge is 0.306 e. The number of ether oxygens (including phenoxy) is 2. The van der Waals surface area contributed by atoms with Crippen molar-refractivity contribution in [3.05, 3.63) is 48.6 Å². The minimum Gasteiger partial charge on any atom is -0.462 e. The van der Waals surface area contributed by atoms with Crippen molar-refractivity contribution in [2.24, 2.45) is 0 Å². The van der Waals surface area contributed by atoms with Crippen LogP contribution in [0, 0.1) is 0 Å². The van der Waals surface area contributed by atoms with Crippen LogP contribution in [0.5, 0.6) is 0 Å². The van der Waals surface area contributed by atoms with Crippen molar-refractivity contribution in [3.63, 3.8) is 0 Å². The van der Waals surface area contributed by atoms with Gasteiger partial charge < -0.3 is 14.6 Å². The Morgan fingerprint density at radius 3 is 1.49 bits per heavy atom. The molecule has 45 heavy (non-hydrogen) atoms. The molecule has 0 aromatic carbocycles. The molecule has 1 unspecified atom stereocenters. The van der Waals surface area contributed by atoms with Gasteiger partial charge in [0.05, 0.1) is 6.61 Å². The third-order valence-corrected chi connectivity index (χ3v) is 7.92. The van der Waals surface area contributed by atoms with Crippen molar-refractivity contribution in [3.8, 4) is 0 Å². The quantitative estimate of drug-likeness (QED) is 0.0338. The highest BCUT2D eigenvalue weighted by Gasteiger charge is 2.16. The standard InChI is InChI=1S/C40H70O5/c1-3-5-7-9-11-13-15-17-18-19-20-21-23-25-27-29-31-33-35-40(43)45-38(36-41)37-44-39(42)34-32-30-28-26-24-22-16-14-12-10-8-6-4-2/h6,8,10,12,14,16,20-21,38,41H,3-5,7,9,11,13,15,17-19,22-37H2,1-2H3/b8-6+,12-10+,16-14+,21-20+. The summed E-state index contributed by atoms with van der Waals surface area (Å²) in [5.41, 5.74) is 0. The van der Waals surface area contributed by atoms with E-state index in [-0.39, 0.29) is 25.2 Å². The van der Waals surface area contributed by atoms with Crippen molar-refractivity contribution in [2.45, 2.75) is 180 Å². The van der Waals surface area contributed by atoms with Gasteiger partial charge in [0.15, 0.2) is 6.10 Å². The first-order valence-electron chi connectivity index (χ1n) is 18.7. The topological polar surface area (TPSA) is 72.8 Å². The zero-order chi connectivity index (χ0) is 32.9. The fourth-order valence-electron chi connectivity index (χ4n) is 5.08. The molecule has 0 bridgehead atoms. The Kier molecular flexibility index (Phi) is 34.6. The zero-order valence-electron chi connectivity index (χ0n) is 29.4. The lowest BCUT2D eigenvalue weighted by atomic mass is 10.1. The van der Waals surface area contributed by atoms with E-state index in [9.17, 15) is 14.7 Å². The molecule has 0 aliphatic rings. The summed E-state index contributed by atoms with van der Waals surface area (Å²) >= 11 is 0. The first-order valence-corrected chi connectivity index (χ1v) is 18.7. The molecule has 1 N–H and O–H groups in total. The van der Waals surface area contributed by atoms with Crippen LogP contribution >= 0.6 is 0 Å². The van der Waals surface area contributed by atoms with E-state index in [1.807, 2.05) is 6.08 Å². The van der Waals surface area contributed by atoms with Gasteiger partial charge in [0.1, 0.15) is 6.61 Å². The second-order valence-electron chi connectivity index (χ2n) is 12.3. The van der Waals surface area contributed by atoms with Crippen molar-refractivity contribution in [1.82, 2.24) is 0 Å². The predicted octanol–water partition coefficient (Wildman–Crippen LogP) is 11.5. The number of esters is 2. The maximum Gasteiger partial charge on any atom is 0.306 e. The molecule has 0 radical (unpaired) electrons. The number of hydrogen-bond donors (Lipinski definition) is 1. The molecular weight excluding hydrogens is 560 g/mol. The molecule has 0 aromatic rings. The van der Waals surface area contributed by atoms with Gasteiger partial charge in [-0.1, -0.05) is 152 Å². The van der Waals surface area contributed by atoms with Gasteiger partial charge in [-0.25, -0.2) is 0 Å². The number of aliphatic hydroxyl groups excluding tert-OH is 1. The average Bonchev–Trinajstić information content (AvgIpc) is 3.04. The van der Waals surface area contributed by atoms with Crippen LogP contribution < -0.4 is 0 Å². The van der Waals surface area contributed by atoms with Crippen LogP contribution in [-0.2, 0) is 19.1 Å². The number of aliphatic hydroxyl groups is 1. The zero-order valence-corrected chi connectivity index (χ0v) is 29.4. The third-order valence-electron chi connectivity index (χ3n) is 7.92. The van der Waals surface area contributed by atoms with Gasteiger partial charge >= 0.3 is 11.9 Å². The highest BCUT2D eigenvalue weighted by molar-refractivity contribution is 5.70. The number of carbonyl (C=O) groups is 2. The molecule has 0 saturated heterocycles. The molecular formula is C40H70O5. The monoisotopic (exact) mass is 631 g/mol. The Bertz CT molecular complexity index is 767. The third kappa shape index (κ3) is 34.6. The molecule has 260 valence electrons. The van der Waals surface area contributed by atoms with Gasteiger partial charge in [-0.3, -0.25) is 9.59 Å². The Morgan fingerprint density at radius 2 is 0.978 bits per heavy atom. The molecule has 0 saturated carbocycles. The maximum atomic E-state index is 12.1. The lowest BCUT2D eigenvalue weighted by Crippen LogP contribution is -2.28. The summed E-state index contributed by atoms with van der Waals surface area (Å²) in [6.07, 6.45) is 44.6. The highest BCUT2D eigenvalue weighted by atomic mass is 16.6. The van der Waals surface area contributed by atoms with Gasteiger partial charge in [-0.05, 0) is 57.8 Å².